The summed E-state index contributed by atoms with van der Waals surface area (Å²) < 4.78 is 11.0. The van der Waals surface area contributed by atoms with Gasteiger partial charge in [-0.3, -0.25) is 4.79 Å². The SMILES string of the molecule is CC(C)(C)OC(=O)C1(Oc2ccc(C#N)cc2)N=CC(CC(N)C(=O)O)=N1. The number of hydrogen-bond acceptors (Lipinski definition) is 8. The molecule has 0 saturated heterocycles. The van der Waals surface area contributed by atoms with Crippen molar-refractivity contribution in [3.8, 4) is 11.8 Å². The summed E-state index contributed by atoms with van der Waals surface area (Å²) in [4.78, 5) is 31.9. The van der Waals surface area contributed by atoms with Crippen LogP contribution >= 0.6 is 0 Å². The maximum absolute atomic E-state index is 12.7. The fourth-order valence-electron chi connectivity index (χ4n) is 2.12. The highest BCUT2D eigenvalue weighted by molar-refractivity contribution is 6.33. The van der Waals surface area contributed by atoms with E-state index in [9.17, 15) is 9.59 Å². The molecule has 142 valence electrons. The second-order valence-electron chi connectivity index (χ2n) is 6.86. The first kappa shape index (κ1) is 20.1. The summed E-state index contributed by atoms with van der Waals surface area (Å²) in [5.74, 6) is -3.84. The fourth-order valence-corrected chi connectivity index (χ4v) is 2.12. The normalized spacial score (nSPS) is 19.7. The van der Waals surface area contributed by atoms with Crippen molar-refractivity contribution in [3.05, 3.63) is 29.8 Å². The van der Waals surface area contributed by atoms with Gasteiger partial charge in [-0.1, -0.05) is 0 Å². The smallest absolute Gasteiger partial charge is 0.401 e. The lowest BCUT2D eigenvalue weighted by Gasteiger charge is -2.27. The Hall–Kier alpha value is -3.25. The largest absolute Gasteiger partial charge is 0.480 e. The molecular formula is C18H20N4O5. The Morgan fingerprint density at radius 1 is 1.33 bits per heavy atom. The highest BCUT2D eigenvalue weighted by Gasteiger charge is 2.47. The highest BCUT2D eigenvalue weighted by atomic mass is 16.6. The van der Waals surface area contributed by atoms with Crippen molar-refractivity contribution in [1.29, 1.82) is 5.26 Å². The molecule has 2 unspecified atom stereocenters. The molecule has 0 amide bonds. The molecule has 0 radical (unpaired) electrons. The number of benzene rings is 1. The van der Waals surface area contributed by atoms with Crippen molar-refractivity contribution >= 4 is 23.9 Å². The molecule has 0 saturated carbocycles. The average Bonchev–Trinajstić information content (AvgIpc) is 2.98. The molecule has 0 aromatic heterocycles. The van der Waals surface area contributed by atoms with Crippen LogP contribution in [-0.2, 0) is 14.3 Å². The third kappa shape index (κ3) is 5.12. The van der Waals surface area contributed by atoms with Crippen LogP contribution in [0.3, 0.4) is 0 Å². The minimum Gasteiger partial charge on any atom is -0.480 e. The molecule has 1 aliphatic heterocycles. The number of nitrogens with two attached hydrogens (primary N) is 1. The molecular weight excluding hydrogens is 352 g/mol. The summed E-state index contributed by atoms with van der Waals surface area (Å²) in [6, 6.07) is 6.81. The van der Waals surface area contributed by atoms with Gasteiger partial charge in [-0.05, 0) is 45.0 Å². The van der Waals surface area contributed by atoms with Gasteiger partial charge in [-0.15, -0.1) is 0 Å². The van der Waals surface area contributed by atoms with Crippen molar-refractivity contribution in [1.82, 2.24) is 0 Å². The van der Waals surface area contributed by atoms with E-state index in [1.807, 2.05) is 6.07 Å². The van der Waals surface area contributed by atoms with Crippen LogP contribution in [0.1, 0.15) is 32.8 Å². The van der Waals surface area contributed by atoms with E-state index in [1.165, 1.54) is 30.5 Å². The zero-order valence-electron chi connectivity index (χ0n) is 15.2. The van der Waals surface area contributed by atoms with Crippen LogP contribution in [0, 0.1) is 11.3 Å². The van der Waals surface area contributed by atoms with Crippen molar-refractivity contribution in [3.63, 3.8) is 0 Å². The van der Waals surface area contributed by atoms with Gasteiger partial charge in [0.05, 0.1) is 17.3 Å². The third-order valence-electron chi connectivity index (χ3n) is 3.34. The number of nitriles is 1. The van der Waals surface area contributed by atoms with Crippen LogP contribution in [0.4, 0.5) is 0 Å². The Kier molecular flexibility index (Phi) is 5.61. The number of aliphatic carboxylic acids is 1. The predicted molar refractivity (Wildman–Crippen MR) is 96.5 cm³/mol. The van der Waals surface area contributed by atoms with Gasteiger partial charge in [0.25, 0.3) is 0 Å². The standard InChI is InChI=1S/C18H20N4O5/c1-17(2,3)27-16(25)18(26-13-6-4-11(9-19)5-7-13)21-10-12(22-18)8-14(20)15(23)24/h4-7,10,14H,8,20H2,1-3H3,(H,23,24). The highest BCUT2D eigenvalue weighted by Crippen LogP contribution is 2.28. The fraction of sp³-hybridized carbons (Fsp3) is 0.389. The first-order chi connectivity index (χ1) is 12.5. The molecule has 2 rings (SSSR count). The molecule has 1 aromatic carbocycles. The summed E-state index contributed by atoms with van der Waals surface area (Å²) >= 11 is 0. The molecule has 0 spiro atoms. The summed E-state index contributed by atoms with van der Waals surface area (Å²) in [5.41, 5.74) is 5.32. The molecule has 1 aliphatic rings. The first-order valence-electron chi connectivity index (χ1n) is 8.09. The second kappa shape index (κ2) is 7.55. The Morgan fingerprint density at radius 3 is 2.48 bits per heavy atom. The van der Waals surface area contributed by atoms with Crippen LogP contribution in [0.25, 0.3) is 0 Å². The van der Waals surface area contributed by atoms with E-state index in [4.69, 9.17) is 25.6 Å². The summed E-state index contributed by atoms with van der Waals surface area (Å²) in [6.07, 6.45) is 1.12. The topological polar surface area (TPSA) is 147 Å². The van der Waals surface area contributed by atoms with Crippen molar-refractivity contribution in [2.24, 2.45) is 15.7 Å². The predicted octanol–water partition coefficient (Wildman–Crippen LogP) is 1.26. The van der Waals surface area contributed by atoms with Gasteiger partial charge in [0.15, 0.2) is 0 Å². The van der Waals surface area contributed by atoms with Gasteiger partial charge in [0.2, 0.25) is 0 Å². The maximum Gasteiger partial charge on any atom is 0.401 e. The molecule has 0 aliphatic carbocycles. The monoisotopic (exact) mass is 372 g/mol. The van der Waals surface area contributed by atoms with E-state index in [-0.39, 0.29) is 17.9 Å². The number of rotatable bonds is 6. The van der Waals surface area contributed by atoms with Gasteiger partial charge < -0.3 is 20.3 Å². The summed E-state index contributed by atoms with van der Waals surface area (Å²) in [7, 11) is 0. The van der Waals surface area contributed by atoms with E-state index in [1.54, 1.807) is 20.8 Å². The quantitative estimate of drug-likeness (QED) is 0.714. The lowest BCUT2D eigenvalue weighted by atomic mass is 10.1. The van der Waals surface area contributed by atoms with Gasteiger partial charge in [0.1, 0.15) is 17.4 Å². The van der Waals surface area contributed by atoms with E-state index in [2.05, 4.69) is 9.98 Å². The summed E-state index contributed by atoms with van der Waals surface area (Å²) in [5, 5.41) is 17.8. The van der Waals surface area contributed by atoms with E-state index in [0.717, 1.165) is 0 Å². The summed E-state index contributed by atoms with van der Waals surface area (Å²) in [6.45, 7) is 5.05. The number of carbonyl (C=O) groups is 2. The molecule has 1 heterocycles. The molecule has 0 bridgehead atoms. The van der Waals surface area contributed by atoms with Crippen LogP contribution < -0.4 is 10.5 Å². The molecule has 3 N–H and O–H groups in total. The van der Waals surface area contributed by atoms with Crippen LogP contribution in [0.2, 0.25) is 0 Å². The number of hydrogen-bond donors (Lipinski definition) is 2. The maximum atomic E-state index is 12.7. The molecule has 2 atom stereocenters. The van der Waals surface area contributed by atoms with Gasteiger partial charge in [-0.2, -0.15) is 5.26 Å². The zero-order valence-corrected chi connectivity index (χ0v) is 15.2. The minimum absolute atomic E-state index is 0.125. The number of nitrogens with zero attached hydrogens (tertiary/aromatic N) is 3. The lowest BCUT2D eigenvalue weighted by molar-refractivity contribution is -0.172. The minimum atomic E-state index is -2.03. The van der Waals surface area contributed by atoms with Crippen molar-refractivity contribution in [2.75, 3.05) is 0 Å². The Labute approximate surface area is 156 Å². The average molecular weight is 372 g/mol. The van der Waals surface area contributed by atoms with Gasteiger partial charge in [-0.25, -0.2) is 14.8 Å². The molecule has 9 nitrogen and oxygen atoms in total. The molecule has 0 fully saturated rings. The number of carboxylic acids is 1. The van der Waals surface area contributed by atoms with Crippen LogP contribution in [0.5, 0.6) is 5.75 Å². The third-order valence-corrected chi connectivity index (χ3v) is 3.34. The number of aliphatic imine (C=N–C) groups is 2. The molecule has 27 heavy (non-hydrogen) atoms. The van der Waals surface area contributed by atoms with Gasteiger partial charge in [0, 0.05) is 12.6 Å². The Morgan fingerprint density at radius 2 is 1.96 bits per heavy atom. The Bertz CT molecular complexity index is 833. The zero-order chi connectivity index (χ0) is 20.2. The van der Waals surface area contributed by atoms with Crippen LogP contribution in [-0.4, -0.2) is 46.5 Å². The second-order valence-corrected chi connectivity index (χ2v) is 6.86. The number of carbonyl (C=O) groups excluding carboxylic acids is 1. The lowest BCUT2D eigenvalue weighted by Crippen LogP contribution is -2.44. The van der Waals surface area contributed by atoms with E-state index >= 15 is 0 Å². The van der Waals surface area contributed by atoms with E-state index in [0.29, 0.717) is 5.56 Å². The van der Waals surface area contributed by atoms with Crippen molar-refractivity contribution in [2.45, 2.75) is 44.7 Å². The number of carboxylic acid groups (broad SMARTS) is 1. The number of ether oxygens (including phenoxy) is 2. The van der Waals surface area contributed by atoms with Crippen LogP contribution in [0.15, 0.2) is 34.3 Å². The van der Waals surface area contributed by atoms with Crippen molar-refractivity contribution < 1.29 is 24.2 Å². The first-order valence-corrected chi connectivity index (χ1v) is 8.09. The van der Waals surface area contributed by atoms with Gasteiger partial charge >= 0.3 is 17.8 Å². The Balaban J connectivity index is 2.33. The number of esters is 1. The van der Waals surface area contributed by atoms with E-state index < -0.39 is 29.4 Å². The molecule has 1 aromatic rings. The molecule has 9 heteroatoms.